The van der Waals surface area contributed by atoms with Gasteiger partial charge in [-0.05, 0) is 55.3 Å². The molecule has 1 aromatic carbocycles. The van der Waals surface area contributed by atoms with Gasteiger partial charge in [0.1, 0.15) is 18.1 Å². The molecule has 1 N–H and O–H groups in total. The standard InChI is InChI=1S/C18H16N2O4S2/c1-11-6-7-13(24-11)9-15-17(22)20(18(23)26-15)10-16(21)19-12-4-3-5-14(8-12)25-2/h3-9H,10H2,1-2H3,(H,19,21)/b15-9+. The average molecular weight is 388 g/mol. The summed E-state index contributed by atoms with van der Waals surface area (Å²) in [5, 5.41) is 2.23. The van der Waals surface area contributed by atoms with E-state index < -0.39 is 17.1 Å². The number of carbonyl (C=O) groups is 3. The van der Waals surface area contributed by atoms with Crippen LogP contribution in [0.2, 0.25) is 0 Å². The minimum atomic E-state index is -0.498. The lowest BCUT2D eigenvalue weighted by Gasteiger charge is -2.12. The second kappa shape index (κ2) is 7.84. The fourth-order valence-electron chi connectivity index (χ4n) is 2.34. The van der Waals surface area contributed by atoms with E-state index >= 15 is 0 Å². The molecule has 1 aliphatic heterocycles. The van der Waals surface area contributed by atoms with E-state index in [1.165, 1.54) is 6.08 Å². The fraction of sp³-hybridized carbons (Fsp3) is 0.167. The summed E-state index contributed by atoms with van der Waals surface area (Å²) < 4.78 is 5.39. The minimum Gasteiger partial charge on any atom is -0.462 e. The summed E-state index contributed by atoms with van der Waals surface area (Å²) in [4.78, 5) is 38.9. The molecule has 0 atom stereocenters. The summed E-state index contributed by atoms with van der Waals surface area (Å²) in [6, 6.07) is 10.8. The highest BCUT2D eigenvalue weighted by atomic mass is 32.2. The van der Waals surface area contributed by atoms with E-state index in [1.807, 2.05) is 24.5 Å². The molecule has 2 heterocycles. The second-order valence-electron chi connectivity index (χ2n) is 5.50. The van der Waals surface area contributed by atoms with Gasteiger partial charge >= 0.3 is 0 Å². The number of rotatable bonds is 5. The van der Waals surface area contributed by atoms with Gasteiger partial charge < -0.3 is 9.73 Å². The molecule has 0 radical (unpaired) electrons. The van der Waals surface area contributed by atoms with Crippen LogP contribution in [0.15, 0.2) is 50.6 Å². The predicted molar refractivity (Wildman–Crippen MR) is 103 cm³/mol. The number of hydrogen-bond donors (Lipinski definition) is 1. The summed E-state index contributed by atoms with van der Waals surface area (Å²) in [6.07, 6.45) is 3.45. The van der Waals surface area contributed by atoms with Gasteiger partial charge in [0.15, 0.2) is 0 Å². The van der Waals surface area contributed by atoms with Crippen molar-refractivity contribution in [2.24, 2.45) is 0 Å². The first-order valence-electron chi connectivity index (χ1n) is 7.72. The highest BCUT2D eigenvalue weighted by molar-refractivity contribution is 8.18. The molecule has 0 bridgehead atoms. The molecule has 3 amide bonds. The van der Waals surface area contributed by atoms with Gasteiger partial charge in [0, 0.05) is 16.7 Å². The molecule has 0 spiro atoms. The highest BCUT2D eigenvalue weighted by Gasteiger charge is 2.36. The molecule has 26 heavy (non-hydrogen) atoms. The number of benzene rings is 1. The van der Waals surface area contributed by atoms with Crippen LogP contribution < -0.4 is 5.32 Å². The quantitative estimate of drug-likeness (QED) is 0.616. The van der Waals surface area contributed by atoms with Gasteiger partial charge in [0.05, 0.1) is 4.91 Å². The predicted octanol–water partition coefficient (Wildman–Crippen LogP) is 3.98. The molecule has 0 aliphatic carbocycles. The molecule has 134 valence electrons. The van der Waals surface area contributed by atoms with Crippen LogP contribution in [0.5, 0.6) is 0 Å². The van der Waals surface area contributed by atoms with E-state index in [4.69, 9.17) is 4.42 Å². The van der Waals surface area contributed by atoms with Crippen LogP contribution in [-0.2, 0) is 9.59 Å². The summed E-state index contributed by atoms with van der Waals surface area (Å²) >= 11 is 2.35. The van der Waals surface area contributed by atoms with Gasteiger partial charge in [-0.3, -0.25) is 19.3 Å². The van der Waals surface area contributed by atoms with E-state index in [1.54, 1.807) is 36.9 Å². The number of aryl methyl sites for hydroxylation is 1. The van der Waals surface area contributed by atoms with Crippen molar-refractivity contribution in [3.8, 4) is 0 Å². The van der Waals surface area contributed by atoms with E-state index in [0.29, 0.717) is 17.2 Å². The Morgan fingerprint density at radius 1 is 1.31 bits per heavy atom. The summed E-state index contributed by atoms with van der Waals surface area (Å²) in [7, 11) is 0. The zero-order valence-electron chi connectivity index (χ0n) is 14.1. The van der Waals surface area contributed by atoms with Crippen molar-refractivity contribution in [2.45, 2.75) is 11.8 Å². The van der Waals surface area contributed by atoms with Crippen molar-refractivity contribution in [1.29, 1.82) is 0 Å². The van der Waals surface area contributed by atoms with Crippen molar-refractivity contribution in [2.75, 3.05) is 18.1 Å². The van der Waals surface area contributed by atoms with Gasteiger partial charge in [-0.2, -0.15) is 0 Å². The topological polar surface area (TPSA) is 79.6 Å². The Bertz CT molecular complexity index is 904. The third-order valence-electron chi connectivity index (χ3n) is 3.56. The molecule has 3 rings (SSSR count). The van der Waals surface area contributed by atoms with Crippen LogP contribution in [0.4, 0.5) is 10.5 Å². The monoisotopic (exact) mass is 388 g/mol. The van der Waals surface area contributed by atoms with Gasteiger partial charge in [-0.1, -0.05) is 6.07 Å². The number of amides is 3. The molecule has 6 nitrogen and oxygen atoms in total. The third kappa shape index (κ3) is 4.20. The molecule has 8 heteroatoms. The first-order chi connectivity index (χ1) is 12.5. The van der Waals surface area contributed by atoms with Crippen molar-refractivity contribution in [3.63, 3.8) is 0 Å². The molecular formula is C18H16N2O4S2. The van der Waals surface area contributed by atoms with Crippen LogP contribution in [0.1, 0.15) is 11.5 Å². The molecule has 1 fully saturated rings. The Morgan fingerprint density at radius 3 is 2.81 bits per heavy atom. The minimum absolute atomic E-state index is 0.238. The SMILES string of the molecule is CSc1cccc(NC(=O)CN2C(=O)S/C(=C/c3ccc(C)o3)C2=O)c1. The first kappa shape index (κ1) is 18.3. The number of carbonyl (C=O) groups excluding carboxylic acids is 3. The van der Waals surface area contributed by atoms with Crippen LogP contribution >= 0.6 is 23.5 Å². The number of anilines is 1. The molecule has 0 unspecified atom stereocenters. The largest absolute Gasteiger partial charge is 0.462 e. The van der Waals surface area contributed by atoms with Crippen LogP contribution in [-0.4, -0.2) is 34.8 Å². The number of imide groups is 1. The van der Waals surface area contributed by atoms with Gasteiger partial charge in [-0.15, -0.1) is 11.8 Å². The lowest BCUT2D eigenvalue weighted by atomic mass is 10.3. The Labute approximate surface area is 159 Å². The van der Waals surface area contributed by atoms with Crippen LogP contribution in [0.25, 0.3) is 6.08 Å². The van der Waals surface area contributed by atoms with Gasteiger partial charge in [0.2, 0.25) is 5.91 Å². The summed E-state index contributed by atoms with van der Waals surface area (Å²) in [6.45, 7) is 1.46. The Kier molecular flexibility index (Phi) is 5.53. The van der Waals surface area contributed by atoms with Crippen molar-refractivity contribution in [3.05, 3.63) is 52.8 Å². The Hall–Kier alpha value is -2.45. The molecular weight excluding hydrogens is 372 g/mol. The number of nitrogens with one attached hydrogen (secondary N) is 1. The molecule has 1 saturated heterocycles. The highest BCUT2D eigenvalue weighted by Crippen LogP contribution is 2.32. The Morgan fingerprint density at radius 2 is 2.12 bits per heavy atom. The van der Waals surface area contributed by atoms with E-state index in [9.17, 15) is 14.4 Å². The molecule has 1 aliphatic rings. The zero-order chi connectivity index (χ0) is 18.7. The average Bonchev–Trinajstić information content (AvgIpc) is 3.13. The molecule has 0 saturated carbocycles. The van der Waals surface area contributed by atoms with Crippen molar-refractivity contribution in [1.82, 2.24) is 4.90 Å². The smallest absolute Gasteiger partial charge is 0.294 e. The fourth-order valence-corrected chi connectivity index (χ4v) is 3.62. The second-order valence-corrected chi connectivity index (χ2v) is 7.37. The van der Waals surface area contributed by atoms with Gasteiger partial charge in [0.25, 0.3) is 11.1 Å². The van der Waals surface area contributed by atoms with Crippen molar-refractivity contribution < 1.29 is 18.8 Å². The van der Waals surface area contributed by atoms with Crippen LogP contribution in [0.3, 0.4) is 0 Å². The molecule has 1 aromatic heterocycles. The number of nitrogens with zero attached hydrogens (tertiary/aromatic N) is 1. The Balaban J connectivity index is 1.67. The molecule has 2 aromatic rings. The van der Waals surface area contributed by atoms with Crippen LogP contribution in [0, 0.1) is 6.92 Å². The maximum Gasteiger partial charge on any atom is 0.294 e. The summed E-state index contributed by atoms with van der Waals surface area (Å²) in [5.41, 5.74) is 0.621. The lowest BCUT2D eigenvalue weighted by Crippen LogP contribution is -2.36. The van der Waals surface area contributed by atoms with E-state index in [0.717, 1.165) is 21.6 Å². The maximum absolute atomic E-state index is 12.4. The van der Waals surface area contributed by atoms with Gasteiger partial charge in [-0.25, -0.2) is 0 Å². The zero-order valence-corrected chi connectivity index (χ0v) is 15.8. The maximum atomic E-state index is 12.4. The third-order valence-corrected chi connectivity index (χ3v) is 5.20. The number of thioether (sulfide) groups is 2. The lowest BCUT2D eigenvalue weighted by molar-refractivity contribution is -0.127. The van der Waals surface area contributed by atoms with Crippen molar-refractivity contribution >= 4 is 52.3 Å². The normalized spacial score (nSPS) is 15.8. The number of furan rings is 1. The first-order valence-corrected chi connectivity index (χ1v) is 9.76. The number of hydrogen-bond acceptors (Lipinski definition) is 6. The van der Waals surface area contributed by atoms with E-state index in [2.05, 4.69) is 5.32 Å². The van der Waals surface area contributed by atoms with E-state index in [-0.39, 0.29) is 11.4 Å². The summed E-state index contributed by atoms with van der Waals surface area (Å²) in [5.74, 6) is 0.274.